The third-order valence-electron chi connectivity index (χ3n) is 1.81. The molecule has 0 aliphatic carbocycles. The molecule has 1 aromatic carbocycles. The predicted octanol–water partition coefficient (Wildman–Crippen LogP) is 1.72. The van der Waals surface area contributed by atoms with E-state index in [1.54, 1.807) is 12.1 Å². The second-order valence-electron chi connectivity index (χ2n) is 3.14. The van der Waals surface area contributed by atoms with Crippen molar-refractivity contribution in [2.24, 2.45) is 0 Å². The van der Waals surface area contributed by atoms with Gasteiger partial charge in [0.2, 0.25) is 0 Å². The number of rotatable bonds is 3. The Bertz CT molecular complexity index is 396. The molecule has 0 aliphatic rings. The Morgan fingerprint density at radius 1 is 1.47 bits per heavy atom. The maximum atomic E-state index is 11.0. The van der Waals surface area contributed by atoms with Crippen LogP contribution in [0.15, 0.2) is 30.4 Å². The van der Waals surface area contributed by atoms with E-state index >= 15 is 0 Å². The second kappa shape index (κ2) is 4.50. The van der Waals surface area contributed by atoms with Crippen LogP contribution in [0.2, 0.25) is 0 Å². The van der Waals surface area contributed by atoms with E-state index < -0.39 is 5.97 Å². The van der Waals surface area contributed by atoms with Crippen LogP contribution in [0, 0.1) is 0 Å². The number of phenols is 2. The van der Waals surface area contributed by atoms with E-state index in [1.165, 1.54) is 13.0 Å². The summed E-state index contributed by atoms with van der Waals surface area (Å²) in [6, 6.07) is 4.46. The summed E-state index contributed by atoms with van der Waals surface area (Å²) in [6.07, 6.45) is 0. The fourth-order valence-electron chi connectivity index (χ4n) is 0.961. The Balaban J connectivity index is 2.70. The van der Waals surface area contributed by atoms with E-state index in [2.05, 4.69) is 6.58 Å². The maximum Gasteiger partial charge on any atom is 0.333 e. The molecule has 0 unspecified atom stereocenters. The molecule has 0 aromatic heterocycles. The molecule has 80 valence electrons. The van der Waals surface area contributed by atoms with Crippen molar-refractivity contribution in [3.8, 4) is 11.5 Å². The first kappa shape index (κ1) is 11.1. The Morgan fingerprint density at radius 2 is 2.13 bits per heavy atom. The largest absolute Gasteiger partial charge is 0.504 e. The van der Waals surface area contributed by atoms with Crippen LogP contribution in [0.4, 0.5) is 0 Å². The summed E-state index contributed by atoms with van der Waals surface area (Å²) in [6.45, 7) is 4.86. The average molecular weight is 208 g/mol. The number of ether oxygens (including phenoxy) is 1. The molecule has 0 saturated carbocycles. The van der Waals surface area contributed by atoms with Crippen molar-refractivity contribution in [3.05, 3.63) is 35.9 Å². The molecule has 0 spiro atoms. The molecule has 4 heteroatoms. The number of para-hydroxylation sites is 1. The van der Waals surface area contributed by atoms with Crippen molar-refractivity contribution in [3.63, 3.8) is 0 Å². The summed E-state index contributed by atoms with van der Waals surface area (Å²) < 4.78 is 4.82. The molecule has 4 nitrogen and oxygen atoms in total. The summed E-state index contributed by atoms with van der Waals surface area (Å²) in [5.41, 5.74) is 0.638. The van der Waals surface area contributed by atoms with Gasteiger partial charge in [0.1, 0.15) is 6.61 Å². The van der Waals surface area contributed by atoms with Gasteiger partial charge >= 0.3 is 5.97 Å². The average Bonchev–Trinajstić information content (AvgIpc) is 2.19. The zero-order chi connectivity index (χ0) is 11.4. The number of phenolic OH excluding ortho intramolecular Hbond substituents is 2. The Kier molecular flexibility index (Phi) is 3.33. The minimum Gasteiger partial charge on any atom is -0.504 e. The van der Waals surface area contributed by atoms with Gasteiger partial charge < -0.3 is 14.9 Å². The van der Waals surface area contributed by atoms with Crippen LogP contribution in [-0.4, -0.2) is 16.2 Å². The minimum atomic E-state index is -0.530. The lowest BCUT2D eigenvalue weighted by atomic mass is 10.2. The summed E-state index contributed by atoms with van der Waals surface area (Å²) >= 11 is 0. The molecule has 0 atom stereocenters. The fraction of sp³-hybridized carbons (Fsp3) is 0.182. The molecule has 2 N–H and O–H groups in total. The molecule has 0 saturated heterocycles. The van der Waals surface area contributed by atoms with E-state index in [-0.39, 0.29) is 23.7 Å². The lowest BCUT2D eigenvalue weighted by molar-refractivity contribution is -0.140. The standard InChI is InChI=1S/C11H12O4/c1-7(2)11(14)15-6-8-4-3-5-9(12)10(8)13/h3-5,12-13H,1,6H2,2H3. The van der Waals surface area contributed by atoms with Crippen LogP contribution >= 0.6 is 0 Å². The van der Waals surface area contributed by atoms with Gasteiger partial charge in [-0.25, -0.2) is 4.79 Å². The summed E-state index contributed by atoms with van der Waals surface area (Å²) in [5.74, 6) is -1.04. The molecule has 0 heterocycles. The van der Waals surface area contributed by atoms with Crippen molar-refractivity contribution in [2.45, 2.75) is 13.5 Å². The number of carbonyl (C=O) groups excluding carboxylic acids is 1. The molecule has 15 heavy (non-hydrogen) atoms. The first-order chi connectivity index (χ1) is 7.02. The van der Waals surface area contributed by atoms with E-state index in [1.807, 2.05) is 0 Å². The van der Waals surface area contributed by atoms with E-state index in [4.69, 9.17) is 9.84 Å². The second-order valence-corrected chi connectivity index (χ2v) is 3.14. The Morgan fingerprint density at radius 3 is 2.73 bits per heavy atom. The van der Waals surface area contributed by atoms with Gasteiger partial charge in [0.25, 0.3) is 0 Å². The molecule has 0 fully saturated rings. The van der Waals surface area contributed by atoms with Crippen molar-refractivity contribution in [2.75, 3.05) is 0 Å². The molecular formula is C11H12O4. The topological polar surface area (TPSA) is 66.8 Å². The van der Waals surface area contributed by atoms with Crippen LogP contribution in [0.5, 0.6) is 11.5 Å². The number of esters is 1. The fourth-order valence-corrected chi connectivity index (χ4v) is 0.961. The summed E-state index contributed by atoms with van der Waals surface area (Å²) in [7, 11) is 0. The number of hydrogen-bond donors (Lipinski definition) is 2. The van der Waals surface area contributed by atoms with Crippen LogP contribution < -0.4 is 0 Å². The maximum absolute atomic E-state index is 11.0. The van der Waals surface area contributed by atoms with Crippen LogP contribution in [0.1, 0.15) is 12.5 Å². The van der Waals surface area contributed by atoms with E-state index in [0.29, 0.717) is 5.56 Å². The minimum absolute atomic E-state index is 0.0913. The van der Waals surface area contributed by atoms with Gasteiger partial charge in [-0.1, -0.05) is 18.7 Å². The molecule has 1 rings (SSSR count). The van der Waals surface area contributed by atoms with Crippen molar-refractivity contribution in [1.82, 2.24) is 0 Å². The SMILES string of the molecule is C=C(C)C(=O)OCc1cccc(O)c1O. The molecule has 0 aliphatic heterocycles. The number of aromatic hydroxyl groups is 2. The molecule has 0 radical (unpaired) electrons. The van der Waals surface area contributed by atoms with Gasteiger partial charge in [-0.2, -0.15) is 0 Å². The lowest BCUT2D eigenvalue weighted by Gasteiger charge is -2.07. The van der Waals surface area contributed by atoms with Crippen LogP contribution in [-0.2, 0) is 16.1 Å². The summed E-state index contributed by atoms with van der Waals surface area (Å²) in [5, 5.41) is 18.6. The van der Waals surface area contributed by atoms with Gasteiger partial charge in [0.15, 0.2) is 11.5 Å². The Hall–Kier alpha value is -1.97. The summed E-state index contributed by atoms with van der Waals surface area (Å²) in [4.78, 5) is 11.0. The first-order valence-electron chi connectivity index (χ1n) is 4.35. The van der Waals surface area contributed by atoms with Gasteiger partial charge in [-0.15, -0.1) is 0 Å². The number of carbonyl (C=O) groups is 1. The smallest absolute Gasteiger partial charge is 0.333 e. The molecule has 0 amide bonds. The highest BCUT2D eigenvalue weighted by Gasteiger charge is 2.08. The lowest BCUT2D eigenvalue weighted by Crippen LogP contribution is -2.04. The highest BCUT2D eigenvalue weighted by atomic mass is 16.5. The van der Waals surface area contributed by atoms with E-state index in [9.17, 15) is 9.90 Å². The highest BCUT2D eigenvalue weighted by Crippen LogP contribution is 2.28. The molecular weight excluding hydrogens is 196 g/mol. The van der Waals surface area contributed by atoms with Crippen molar-refractivity contribution >= 4 is 5.97 Å². The Labute approximate surface area is 87.4 Å². The van der Waals surface area contributed by atoms with Gasteiger partial charge in [0.05, 0.1) is 0 Å². The quantitative estimate of drug-likeness (QED) is 0.451. The third-order valence-corrected chi connectivity index (χ3v) is 1.81. The van der Waals surface area contributed by atoms with E-state index in [0.717, 1.165) is 0 Å². The monoisotopic (exact) mass is 208 g/mol. The normalized spacial score (nSPS) is 9.67. The van der Waals surface area contributed by atoms with Crippen LogP contribution in [0.25, 0.3) is 0 Å². The zero-order valence-corrected chi connectivity index (χ0v) is 8.36. The number of benzene rings is 1. The van der Waals surface area contributed by atoms with Gasteiger partial charge in [-0.3, -0.25) is 0 Å². The van der Waals surface area contributed by atoms with Crippen molar-refractivity contribution < 1.29 is 19.7 Å². The predicted molar refractivity (Wildman–Crippen MR) is 54.4 cm³/mol. The highest BCUT2D eigenvalue weighted by molar-refractivity contribution is 5.86. The van der Waals surface area contributed by atoms with Gasteiger partial charge in [0, 0.05) is 11.1 Å². The van der Waals surface area contributed by atoms with Crippen LogP contribution in [0.3, 0.4) is 0 Å². The third kappa shape index (κ3) is 2.74. The molecule has 0 bridgehead atoms. The number of hydrogen-bond acceptors (Lipinski definition) is 4. The van der Waals surface area contributed by atoms with Gasteiger partial charge in [-0.05, 0) is 13.0 Å². The first-order valence-corrected chi connectivity index (χ1v) is 4.35. The van der Waals surface area contributed by atoms with Crippen molar-refractivity contribution in [1.29, 1.82) is 0 Å². The molecule has 1 aromatic rings. The zero-order valence-electron chi connectivity index (χ0n) is 8.36.